The molecule has 168 valence electrons. The summed E-state index contributed by atoms with van der Waals surface area (Å²) < 4.78 is 10.6. The number of benzene rings is 2. The number of furan rings is 1. The maximum atomic E-state index is 12.6. The van der Waals surface area contributed by atoms with Crippen molar-refractivity contribution in [3.8, 4) is 22.8 Å². The highest BCUT2D eigenvalue weighted by Gasteiger charge is 2.16. The highest BCUT2D eigenvalue weighted by atomic mass is 35.5. The number of amides is 1. The van der Waals surface area contributed by atoms with Gasteiger partial charge in [0, 0.05) is 16.6 Å². The molecule has 0 radical (unpaired) electrons. The minimum atomic E-state index is -0.348. The lowest BCUT2D eigenvalue weighted by Gasteiger charge is -2.09. The maximum Gasteiger partial charge on any atom is 0.312 e. The van der Waals surface area contributed by atoms with E-state index in [1.165, 1.54) is 18.4 Å². The number of thiazole rings is 1. The van der Waals surface area contributed by atoms with Gasteiger partial charge in [-0.05, 0) is 55.0 Å². The third kappa shape index (κ3) is 5.27. The van der Waals surface area contributed by atoms with E-state index in [-0.39, 0.29) is 18.3 Å². The van der Waals surface area contributed by atoms with Crippen molar-refractivity contribution >= 4 is 52.1 Å². The molecule has 0 saturated carbocycles. The minimum absolute atomic E-state index is 0.113. The van der Waals surface area contributed by atoms with E-state index < -0.39 is 0 Å². The molecule has 33 heavy (non-hydrogen) atoms. The molecule has 2 aromatic carbocycles. The molecule has 0 spiro atoms. The Balaban J connectivity index is 1.50. The van der Waals surface area contributed by atoms with Gasteiger partial charge in [-0.1, -0.05) is 29.3 Å². The fourth-order valence-corrected chi connectivity index (χ4v) is 4.48. The second kappa shape index (κ2) is 9.79. The number of nitrogens with zero attached hydrogens (tertiary/aromatic N) is 1. The molecule has 1 amide bonds. The molecule has 0 saturated heterocycles. The van der Waals surface area contributed by atoms with Crippen LogP contribution in [0.1, 0.15) is 20.9 Å². The minimum Gasteiger partial charge on any atom is -0.469 e. The van der Waals surface area contributed by atoms with E-state index in [0.29, 0.717) is 49.1 Å². The van der Waals surface area contributed by atoms with Gasteiger partial charge in [0.05, 0.1) is 29.1 Å². The number of halogens is 2. The lowest BCUT2D eigenvalue weighted by Crippen LogP contribution is -2.12. The fraction of sp³-hybridized carbons (Fsp3) is 0.125. The SMILES string of the molecule is COC(=O)Cc1nc(-c2ccc(-c3ccc(NC(=O)c4ccc(C)cc4Cl)cc3Cl)o2)cs1. The molecule has 0 aliphatic rings. The number of rotatable bonds is 6. The molecule has 4 aromatic rings. The summed E-state index contributed by atoms with van der Waals surface area (Å²) in [5, 5.41) is 6.06. The van der Waals surface area contributed by atoms with Gasteiger partial charge in [-0.3, -0.25) is 9.59 Å². The molecule has 0 fully saturated rings. The van der Waals surface area contributed by atoms with Crippen LogP contribution in [0.4, 0.5) is 5.69 Å². The zero-order valence-corrected chi connectivity index (χ0v) is 20.0. The molecular weight excluding hydrogens is 483 g/mol. The number of hydrogen-bond acceptors (Lipinski definition) is 6. The number of carbonyl (C=O) groups is 2. The summed E-state index contributed by atoms with van der Waals surface area (Å²) in [5.41, 5.74) is 3.18. The van der Waals surface area contributed by atoms with Crippen LogP contribution in [0.25, 0.3) is 22.8 Å². The summed E-state index contributed by atoms with van der Waals surface area (Å²) >= 11 is 14.0. The van der Waals surface area contributed by atoms with Crippen molar-refractivity contribution in [2.24, 2.45) is 0 Å². The van der Waals surface area contributed by atoms with E-state index in [4.69, 9.17) is 27.6 Å². The van der Waals surface area contributed by atoms with Crippen LogP contribution in [-0.4, -0.2) is 24.0 Å². The van der Waals surface area contributed by atoms with Gasteiger partial charge in [0.2, 0.25) is 0 Å². The van der Waals surface area contributed by atoms with Crippen LogP contribution in [0.5, 0.6) is 0 Å². The van der Waals surface area contributed by atoms with Crippen molar-refractivity contribution in [3.63, 3.8) is 0 Å². The van der Waals surface area contributed by atoms with Gasteiger partial charge in [0.25, 0.3) is 5.91 Å². The normalized spacial score (nSPS) is 10.8. The highest BCUT2D eigenvalue weighted by Crippen LogP contribution is 2.35. The number of aryl methyl sites for hydroxylation is 1. The zero-order chi connectivity index (χ0) is 23.5. The first-order valence-corrected chi connectivity index (χ1v) is 11.5. The Morgan fingerprint density at radius 1 is 1.06 bits per heavy atom. The number of methoxy groups -OCH3 is 1. The van der Waals surface area contributed by atoms with Crippen LogP contribution >= 0.6 is 34.5 Å². The third-order valence-corrected chi connectivity index (χ3v) is 6.27. The fourth-order valence-electron chi connectivity index (χ4n) is 3.12. The van der Waals surface area contributed by atoms with Gasteiger partial charge in [-0.15, -0.1) is 11.3 Å². The Labute approximate surface area is 204 Å². The van der Waals surface area contributed by atoms with Gasteiger partial charge in [-0.2, -0.15) is 0 Å². The summed E-state index contributed by atoms with van der Waals surface area (Å²) in [6, 6.07) is 14.0. The van der Waals surface area contributed by atoms with Crippen molar-refractivity contribution in [2.75, 3.05) is 12.4 Å². The van der Waals surface area contributed by atoms with Crippen molar-refractivity contribution in [1.29, 1.82) is 0 Å². The summed E-state index contributed by atoms with van der Waals surface area (Å²) in [4.78, 5) is 28.4. The van der Waals surface area contributed by atoms with Gasteiger partial charge < -0.3 is 14.5 Å². The van der Waals surface area contributed by atoms with Crippen LogP contribution < -0.4 is 5.32 Å². The van der Waals surface area contributed by atoms with Gasteiger partial charge in [-0.25, -0.2) is 4.98 Å². The summed E-state index contributed by atoms with van der Waals surface area (Å²) in [6.45, 7) is 1.90. The van der Waals surface area contributed by atoms with E-state index in [1.54, 1.807) is 42.5 Å². The van der Waals surface area contributed by atoms with E-state index in [9.17, 15) is 9.59 Å². The summed E-state index contributed by atoms with van der Waals surface area (Å²) in [6.07, 6.45) is 0.113. The van der Waals surface area contributed by atoms with Gasteiger partial charge in [0.15, 0.2) is 5.76 Å². The van der Waals surface area contributed by atoms with Gasteiger partial charge in [0.1, 0.15) is 16.5 Å². The third-order valence-electron chi connectivity index (χ3n) is 4.80. The van der Waals surface area contributed by atoms with Crippen molar-refractivity contribution < 1.29 is 18.7 Å². The van der Waals surface area contributed by atoms with Crippen LogP contribution in [0.3, 0.4) is 0 Å². The highest BCUT2D eigenvalue weighted by molar-refractivity contribution is 7.10. The number of anilines is 1. The first-order valence-electron chi connectivity index (χ1n) is 9.83. The number of carbonyl (C=O) groups excluding carboxylic acids is 2. The molecular formula is C24H18Cl2N2O4S. The Bertz CT molecular complexity index is 1350. The Morgan fingerprint density at radius 2 is 1.85 bits per heavy atom. The molecule has 0 aliphatic carbocycles. The molecule has 1 N–H and O–H groups in total. The lowest BCUT2D eigenvalue weighted by molar-refractivity contribution is -0.139. The molecule has 2 heterocycles. The molecule has 0 atom stereocenters. The van der Waals surface area contributed by atoms with Crippen molar-refractivity contribution in [3.05, 3.63) is 80.1 Å². The van der Waals surface area contributed by atoms with Crippen LogP contribution in [0, 0.1) is 6.92 Å². The molecule has 0 bridgehead atoms. The van der Waals surface area contributed by atoms with Crippen molar-refractivity contribution in [2.45, 2.75) is 13.3 Å². The molecule has 0 aliphatic heterocycles. The van der Waals surface area contributed by atoms with E-state index in [2.05, 4.69) is 15.0 Å². The van der Waals surface area contributed by atoms with Crippen LogP contribution in [0.15, 0.2) is 58.3 Å². The molecule has 0 unspecified atom stereocenters. The first kappa shape index (κ1) is 23.0. The number of ether oxygens (including phenoxy) is 1. The molecule has 9 heteroatoms. The van der Waals surface area contributed by atoms with E-state index >= 15 is 0 Å². The Hall–Kier alpha value is -3.13. The molecule has 2 aromatic heterocycles. The molecule has 4 rings (SSSR count). The number of aromatic nitrogens is 1. The first-order chi connectivity index (χ1) is 15.8. The lowest BCUT2D eigenvalue weighted by atomic mass is 10.1. The zero-order valence-electron chi connectivity index (χ0n) is 17.6. The predicted molar refractivity (Wildman–Crippen MR) is 130 cm³/mol. The average Bonchev–Trinajstić information content (AvgIpc) is 3.43. The smallest absolute Gasteiger partial charge is 0.312 e. The Kier molecular flexibility index (Phi) is 6.83. The summed E-state index contributed by atoms with van der Waals surface area (Å²) in [7, 11) is 1.34. The molecule has 6 nitrogen and oxygen atoms in total. The number of nitrogens with one attached hydrogen (secondary N) is 1. The van der Waals surface area contributed by atoms with Crippen LogP contribution in [0.2, 0.25) is 10.0 Å². The Morgan fingerprint density at radius 3 is 2.58 bits per heavy atom. The van der Waals surface area contributed by atoms with E-state index in [1.807, 2.05) is 18.4 Å². The standard InChI is InChI=1S/C24H18Cl2N2O4S/c1-13-3-5-16(17(25)9-13)24(30)27-14-4-6-15(18(26)10-14)20-7-8-21(32-20)19-12-33-22(28-19)11-23(29)31-2/h3-10,12H,11H2,1-2H3,(H,27,30). The number of esters is 1. The number of hydrogen-bond donors (Lipinski definition) is 1. The topological polar surface area (TPSA) is 81.4 Å². The van der Waals surface area contributed by atoms with Crippen molar-refractivity contribution in [1.82, 2.24) is 4.98 Å². The van der Waals surface area contributed by atoms with E-state index in [0.717, 1.165) is 5.56 Å². The van der Waals surface area contributed by atoms with Crippen LogP contribution in [-0.2, 0) is 16.0 Å². The largest absolute Gasteiger partial charge is 0.469 e. The predicted octanol–water partition coefficient (Wildman–Crippen LogP) is 6.65. The monoisotopic (exact) mass is 500 g/mol. The van der Waals surface area contributed by atoms with Gasteiger partial charge >= 0.3 is 5.97 Å². The second-order valence-corrected chi connectivity index (χ2v) is 8.93. The second-order valence-electron chi connectivity index (χ2n) is 7.18. The quantitative estimate of drug-likeness (QED) is 0.299. The average molecular weight is 501 g/mol. The summed E-state index contributed by atoms with van der Waals surface area (Å²) in [5.74, 6) is 0.437. The maximum absolute atomic E-state index is 12.6.